The largest absolute Gasteiger partial charge is 0.353 e. The van der Waals surface area contributed by atoms with Crippen molar-refractivity contribution in [1.82, 2.24) is 4.98 Å². The van der Waals surface area contributed by atoms with Crippen molar-refractivity contribution in [2.24, 2.45) is 11.7 Å². The summed E-state index contributed by atoms with van der Waals surface area (Å²) in [5.74, 6) is 1.23. The summed E-state index contributed by atoms with van der Waals surface area (Å²) >= 11 is 3.44. The molecular weight excluding hydrogens is 312 g/mol. The predicted octanol–water partition coefficient (Wildman–Crippen LogP) is 2.23. The van der Waals surface area contributed by atoms with Crippen molar-refractivity contribution in [3.63, 3.8) is 0 Å². The third-order valence-corrected chi connectivity index (χ3v) is 4.63. The highest BCUT2D eigenvalue weighted by Gasteiger charge is 2.31. The standard InChI is InChI=1S/C12H17BrN4O2/c1-7-3-9(4-14)6-16(7)12-11(13)8(2)10(5-15-12)17(18)19/h5,7,9H,3-4,6,14H2,1-2H3. The zero-order valence-corrected chi connectivity index (χ0v) is 12.6. The molecule has 1 aromatic rings. The van der Waals surface area contributed by atoms with E-state index in [2.05, 4.69) is 32.7 Å². The fourth-order valence-electron chi connectivity index (χ4n) is 2.55. The van der Waals surface area contributed by atoms with Crippen LogP contribution in [0.25, 0.3) is 0 Å². The Bertz CT molecular complexity index is 509. The summed E-state index contributed by atoms with van der Waals surface area (Å²) in [5, 5.41) is 10.9. The second-order valence-corrected chi connectivity index (χ2v) is 5.79. The summed E-state index contributed by atoms with van der Waals surface area (Å²) in [6.45, 7) is 5.36. The first-order chi connectivity index (χ1) is 8.95. The first kappa shape index (κ1) is 14.2. The van der Waals surface area contributed by atoms with Gasteiger partial charge in [0.05, 0.1) is 9.40 Å². The molecule has 0 aromatic carbocycles. The van der Waals surface area contributed by atoms with Crippen molar-refractivity contribution in [2.75, 3.05) is 18.0 Å². The maximum atomic E-state index is 10.9. The van der Waals surface area contributed by atoms with Gasteiger partial charge in [0, 0.05) is 18.2 Å². The van der Waals surface area contributed by atoms with Gasteiger partial charge < -0.3 is 10.6 Å². The molecule has 0 radical (unpaired) electrons. The van der Waals surface area contributed by atoms with E-state index in [4.69, 9.17) is 5.73 Å². The van der Waals surface area contributed by atoms with Gasteiger partial charge in [-0.2, -0.15) is 0 Å². The van der Waals surface area contributed by atoms with E-state index in [0.29, 0.717) is 28.5 Å². The van der Waals surface area contributed by atoms with E-state index in [1.54, 1.807) is 6.92 Å². The lowest BCUT2D eigenvalue weighted by molar-refractivity contribution is -0.385. The highest BCUT2D eigenvalue weighted by Crippen LogP contribution is 2.36. The van der Waals surface area contributed by atoms with Gasteiger partial charge in [-0.3, -0.25) is 10.1 Å². The number of hydrogen-bond donors (Lipinski definition) is 1. The molecule has 1 fully saturated rings. The van der Waals surface area contributed by atoms with Gasteiger partial charge in [0.1, 0.15) is 12.0 Å². The summed E-state index contributed by atoms with van der Waals surface area (Å²) in [6.07, 6.45) is 2.36. The summed E-state index contributed by atoms with van der Waals surface area (Å²) in [6, 6.07) is 0.346. The van der Waals surface area contributed by atoms with Crippen LogP contribution >= 0.6 is 15.9 Å². The number of aromatic nitrogens is 1. The Balaban J connectivity index is 2.36. The van der Waals surface area contributed by atoms with Gasteiger partial charge in [0.15, 0.2) is 0 Å². The van der Waals surface area contributed by atoms with Gasteiger partial charge in [-0.1, -0.05) is 0 Å². The van der Waals surface area contributed by atoms with Crippen LogP contribution in [0.5, 0.6) is 0 Å². The summed E-state index contributed by atoms with van der Waals surface area (Å²) < 4.78 is 0.700. The minimum absolute atomic E-state index is 0.0397. The summed E-state index contributed by atoms with van der Waals surface area (Å²) in [4.78, 5) is 16.9. The van der Waals surface area contributed by atoms with Crippen molar-refractivity contribution >= 4 is 27.4 Å². The van der Waals surface area contributed by atoms with Gasteiger partial charge in [-0.25, -0.2) is 4.98 Å². The average Bonchev–Trinajstić information content (AvgIpc) is 2.73. The minimum atomic E-state index is -0.410. The molecule has 1 aliphatic heterocycles. The Morgan fingerprint density at radius 1 is 1.68 bits per heavy atom. The second kappa shape index (κ2) is 5.42. The Morgan fingerprint density at radius 3 is 2.89 bits per heavy atom. The number of pyridine rings is 1. The van der Waals surface area contributed by atoms with E-state index in [1.807, 2.05) is 0 Å². The van der Waals surface area contributed by atoms with Crippen LogP contribution in [0.2, 0.25) is 0 Å². The molecule has 7 heteroatoms. The fraction of sp³-hybridized carbons (Fsp3) is 0.583. The lowest BCUT2D eigenvalue weighted by atomic mass is 10.1. The minimum Gasteiger partial charge on any atom is -0.353 e. The van der Waals surface area contributed by atoms with E-state index in [1.165, 1.54) is 6.20 Å². The van der Waals surface area contributed by atoms with E-state index < -0.39 is 4.92 Å². The highest BCUT2D eigenvalue weighted by atomic mass is 79.9. The van der Waals surface area contributed by atoms with E-state index in [9.17, 15) is 10.1 Å². The Morgan fingerprint density at radius 2 is 2.37 bits per heavy atom. The number of nitrogens with two attached hydrogens (primary N) is 1. The first-order valence-electron chi connectivity index (χ1n) is 6.21. The molecule has 0 amide bonds. The molecule has 2 rings (SSSR count). The second-order valence-electron chi connectivity index (χ2n) is 5.00. The number of anilines is 1. The smallest absolute Gasteiger partial charge is 0.291 e. The van der Waals surface area contributed by atoms with E-state index in [0.717, 1.165) is 18.8 Å². The number of nitro groups is 1. The van der Waals surface area contributed by atoms with Crippen molar-refractivity contribution in [2.45, 2.75) is 26.3 Å². The maximum Gasteiger partial charge on any atom is 0.291 e. The molecule has 1 aromatic heterocycles. The molecular formula is C12H17BrN4O2. The molecule has 6 nitrogen and oxygen atoms in total. The average molecular weight is 329 g/mol. The molecule has 104 valence electrons. The number of hydrogen-bond acceptors (Lipinski definition) is 5. The van der Waals surface area contributed by atoms with Crippen LogP contribution in [0.3, 0.4) is 0 Å². The van der Waals surface area contributed by atoms with Crippen LogP contribution in [-0.4, -0.2) is 29.0 Å². The lowest BCUT2D eigenvalue weighted by Gasteiger charge is -2.24. The van der Waals surface area contributed by atoms with Gasteiger partial charge in [0.2, 0.25) is 0 Å². The molecule has 2 heterocycles. The van der Waals surface area contributed by atoms with E-state index in [-0.39, 0.29) is 5.69 Å². The first-order valence-corrected chi connectivity index (χ1v) is 7.01. The maximum absolute atomic E-state index is 10.9. The zero-order chi connectivity index (χ0) is 14.2. The fourth-order valence-corrected chi connectivity index (χ4v) is 3.08. The molecule has 0 saturated carbocycles. The quantitative estimate of drug-likeness (QED) is 0.679. The Hall–Kier alpha value is -1.21. The van der Waals surface area contributed by atoms with Crippen molar-refractivity contribution in [3.05, 3.63) is 26.3 Å². The monoisotopic (exact) mass is 328 g/mol. The predicted molar refractivity (Wildman–Crippen MR) is 77.3 cm³/mol. The van der Waals surface area contributed by atoms with Crippen LogP contribution < -0.4 is 10.6 Å². The number of nitrogens with zero attached hydrogens (tertiary/aromatic N) is 3. The third-order valence-electron chi connectivity index (χ3n) is 3.68. The van der Waals surface area contributed by atoms with Gasteiger partial charge in [0.25, 0.3) is 5.69 Å². The summed E-state index contributed by atoms with van der Waals surface area (Å²) in [7, 11) is 0. The lowest BCUT2D eigenvalue weighted by Crippen LogP contribution is -2.29. The van der Waals surface area contributed by atoms with Gasteiger partial charge >= 0.3 is 0 Å². The molecule has 0 spiro atoms. The van der Waals surface area contributed by atoms with Crippen molar-refractivity contribution < 1.29 is 4.92 Å². The van der Waals surface area contributed by atoms with Gasteiger partial charge in [-0.05, 0) is 48.7 Å². The number of halogens is 1. The molecule has 2 atom stereocenters. The van der Waals surface area contributed by atoms with E-state index >= 15 is 0 Å². The molecule has 0 bridgehead atoms. The van der Waals surface area contributed by atoms with Crippen LogP contribution in [-0.2, 0) is 0 Å². The summed E-state index contributed by atoms with van der Waals surface area (Å²) in [5.41, 5.74) is 6.37. The molecule has 2 unspecified atom stereocenters. The normalized spacial score (nSPS) is 22.8. The molecule has 1 saturated heterocycles. The Labute approximate surface area is 120 Å². The van der Waals surface area contributed by atoms with Crippen LogP contribution in [0.4, 0.5) is 11.5 Å². The van der Waals surface area contributed by atoms with Gasteiger partial charge in [-0.15, -0.1) is 0 Å². The van der Waals surface area contributed by atoms with Crippen LogP contribution in [0, 0.1) is 23.0 Å². The van der Waals surface area contributed by atoms with Crippen molar-refractivity contribution in [3.8, 4) is 0 Å². The zero-order valence-electron chi connectivity index (χ0n) is 11.0. The molecule has 1 aliphatic rings. The molecule has 0 aliphatic carbocycles. The molecule has 19 heavy (non-hydrogen) atoms. The topological polar surface area (TPSA) is 85.3 Å². The SMILES string of the molecule is Cc1c([N+](=O)[O-])cnc(N2CC(CN)CC2C)c1Br. The highest BCUT2D eigenvalue weighted by molar-refractivity contribution is 9.10. The molecule has 2 N–H and O–H groups in total. The Kier molecular flexibility index (Phi) is 4.05. The van der Waals surface area contributed by atoms with Crippen LogP contribution in [0.15, 0.2) is 10.7 Å². The van der Waals surface area contributed by atoms with Crippen molar-refractivity contribution in [1.29, 1.82) is 0 Å². The number of rotatable bonds is 3. The third kappa shape index (κ3) is 2.57. The van der Waals surface area contributed by atoms with Crippen LogP contribution in [0.1, 0.15) is 18.9 Å².